The summed E-state index contributed by atoms with van der Waals surface area (Å²) in [5.41, 5.74) is 1.14. The first kappa shape index (κ1) is 14.6. The molecule has 0 aliphatic heterocycles. The first-order valence-corrected chi connectivity index (χ1v) is 7.66. The summed E-state index contributed by atoms with van der Waals surface area (Å²) in [7, 11) is 0. The fourth-order valence-corrected chi connectivity index (χ4v) is 2.38. The third-order valence-electron chi connectivity index (χ3n) is 3.54. The van der Waals surface area contributed by atoms with E-state index in [2.05, 4.69) is 40.8 Å². The zero-order chi connectivity index (χ0) is 14.2. The van der Waals surface area contributed by atoms with Gasteiger partial charge in [-0.25, -0.2) is 4.98 Å². The van der Waals surface area contributed by atoms with E-state index in [4.69, 9.17) is 0 Å². The Bertz CT molecular complexity index is 490. The zero-order valence-corrected chi connectivity index (χ0v) is 12.5. The molecule has 2 rings (SSSR count). The van der Waals surface area contributed by atoms with Gasteiger partial charge in [0, 0.05) is 24.1 Å². The molecule has 0 aliphatic carbocycles. The maximum Gasteiger partial charge on any atom is 0.207 e. The number of hydrogen-bond donors (Lipinski definition) is 1. The Morgan fingerprint density at radius 1 is 1.15 bits per heavy atom. The number of imidazole rings is 1. The Hall–Kier alpha value is -1.77. The van der Waals surface area contributed by atoms with Crippen LogP contribution < -0.4 is 5.32 Å². The van der Waals surface area contributed by atoms with Crippen LogP contribution >= 0.6 is 0 Å². The Morgan fingerprint density at radius 2 is 1.95 bits per heavy atom. The van der Waals surface area contributed by atoms with Crippen LogP contribution in [0.15, 0.2) is 42.7 Å². The van der Waals surface area contributed by atoms with E-state index in [-0.39, 0.29) is 0 Å². The average molecular weight is 271 g/mol. The van der Waals surface area contributed by atoms with Gasteiger partial charge in [0.15, 0.2) is 0 Å². The number of anilines is 1. The second-order valence-corrected chi connectivity index (χ2v) is 5.35. The summed E-state index contributed by atoms with van der Waals surface area (Å²) >= 11 is 0. The predicted molar refractivity (Wildman–Crippen MR) is 85.4 cm³/mol. The first-order valence-electron chi connectivity index (χ1n) is 7.66. The van der Waals surface area contributed by atoms with E-state index >= 15 is 0 Å². The number of para-hydroxylation sites is 1. The zero-order valence-electron chi connectivity index (χ0n) is 12.5. The molecule has 0 radical (unpaired) electrons. The van der Waals surface area contributed by atoms with Crippen LogP contribution in [0.2, 0.25) is 0 Å². The van der Waals surface area contributed by atoms with E-state index in [0.717, 1.165) is 11.6 Å². The molecule has 0 aliphatic rings. The Morgan fingerprint density at radius 3 is 2.70 bits per heavy atom. The van der Waals surface area contributed by atoms with Crippen molar-refractivity contribution in [1.29, 1.82) is 0 Å². The van der Waals surface area contributed by atoms with Gasteiger partial charge < -0.3 is 5.32 Å². The summed E-state index contributed by atoms with van der Waals surface area (Å²) in [5, 5.41) is 3.52. The second kappa shape index (κ2) is 7.73. The van der Waals surface area contributed by atoms with Crippen molar-refractivity contribution in [3.8, 4) is 5.69 Å². The number of unbranched alkanes of at least 4 members (excludes halogenated alkanes) is 3. The van der Waals surface area contributed by atoms with E-state index in [1.54, 1.807) is 0 Å². The molecule has 1 aromatic heterocycles. The lowest BCUT2D eigenvalue weighted by Crippen LogP contribution is -2.17. The normalized spacial score (nSPS) is 12.3. The molecule has 0 amide bonds. The van der Waals surface area contributed by atoms with E-state index < -0.39 is 0 Å². The van der Waals surface area contributed by atoms with Crippen LogP contribution in [-0.2, 0) is 0 Å². The van der Waals surface area contributed by atoms with E-state index in [0.29, 0.717) is 6.04 Å². The van der Waals surface area contributed by atoms with Crippen molar-refractivity contribution < 1.29 is 0 Å². The molecule has 2 aromatic rings. The summed E-state index contributed by atoms with van der Waals surface area (Å²) < 4.78 is 2.10. The van der Waals surface area contributed by atoms with Crippen molar-refractivity contribution in [2.45, 2.75) is 52.0 Å². The minimum atomic E-state index is 0.455. The molecule has 1 N–H and O–H groups in total. The lowest BCUT2D eigenvalue weighted by Gasteiger charge is -2.16. The standard InChI is InChI=1S/C17H25N3/c1-3-4-5-7-10-15(2)19-17-18-13-14-20(17)16-11-8-6-9-12-16/h6,8-9,11-15H,3-5,7,10H2,1-2H3,(H,18,19). The van der Waals surface area contributed by atoms with Gasteiger partial charge in [-0.05, 0) is 25.5 Å². The molecule has 3 heteroatoms. The first-order chi connectivity index (χ1) is 9.81. The van der Waals surface area contributed by atoms with Gasteiger partial charge in [-0.15, -0.1) is 0 Å². The van der Waals surface area contributed by atoms with Crippen LogP contribution in [0.25, 0.3) is 5.69 Å². The van der Waals surface area contributed by atoms with Crippen molar-refractivity contribution in [3.63, 3.8) is 0 Å². The topological polar surface area (TPSA) is 29.9 Å². The fourth-order valence-electron chi connectivity index (χ4n) is 2.38. The SMILES string of the molecule is CCCCCCC(C)Nc1nccn1-c1ccccc1. The Labute approximate surface area is 122 Å². The molecular weight excluding hydrogens is 246 g/mol. The van der Waals surface area contributed by atoms with Gasteiger partial charge in [0.1, 0.15) is 0 Å². The van der Waals surface area contributed by atoms with Crippen molar-refractivity contribution in [3.05, 3.63) is 42.7 Å². The van der Waals surface area contributed by atoms with Gasteiger partial charge in [-0.3, -0.25) is 4.57 Å². The number of hydrogen-bond acceptors (Lipinski definition) is 2. The highest BCUT2D eigenvalue weighted by Crippen LogP contribution is 2.16. The lowest BCUT2D eigenvalue weighted by atomic mass is 10.1. The maximum atomic E-state index is 4.43. The van der Waals surface area contributed by atoms with Gasteiger partial charge in [-0.1, -0.05) is 50.8 Å². The van der Waals surface area contributed by atoms with Crippen molar-refractivity contribution in [1.82, 2.24) is 9.55 Å². The number of aromatic nitrogens is 2. The number of nitrogens with zero attached hydrogens (tertiary/aromatic N) is 2. The fraction of sp³-hybridized carbons (Fsp3) is 0.471. The van der Waals surface area contributed by atoms with Crippen LogP contribution in [0.5, 0.6) is 0 Å². The smallest absolute Gasteiger partial charge is 0.207 e. The quantitative estimate of drug-likeness (QED) is 0.709. The largest absolute Gasteiger partial charge is 0.353 e. The molecule has 20 heavy (non-hydrogen) atoms. The molecule has 1 aromatic carbocycles. The molecule has 0 spiro atoms. The monoisotopic (exact) mass is 271 g/mol. The molecule has 0 fully saturated rings. The van der Waals surface area contributed by atoms with Crippen molar-refractivity contribution >= 4 is 5.95 Å². The maximum absolute atomic E-state index is 4.43. The summed E-state index contributed by atoms with van der Waals surface area (Å²) in [6, 6.07) is 10.8. The lowest BCUT2D eigenvalue weighted by molar-refractivity contribution is 0.591. The highest BCUT2D eigenvalue weighted by molar-refractivity contribution is 5.41. The molecule has 108 valence electrons. The Balaban J connectivity index is 1.92. The molecular formula is C17H25N3. The molecule has 0 saturated heterocycles. The molecule has 3 nitrogen and oxygen atoms in total. The highest BCUT2D eigenvalue weighted by atomic mass is 15.2. The van der Waals surface area contributed by atoms with Gasteiger partial charge in [0.25, 0.3) is 0 Å². The predicted octanol–water partition coefficient (Wildman–Crippen LogP) is 4.64. The van der Waals surface area contributed by atoms with Crippen LogP contribution in [0.3, 0.4) is 0 Å². The number of nitrogens with one attached hydrogen (secondary N) is 1. The van der Waals surface area contributed by atoms with E-state index in [1.807, 2.05) is 30.6 Å². The van der Waals surface area contributed by atoms with Crippen LogP contribution in [0.1, 0.15) is 46.0 Å². The third kappa shape index (κ3) is 4.12. The summed E-state index contributed by atoms with van der Waals surface area (Å²) in [5.74, 6) is 0.930. The van der Waals surface area contributed by atoms with Crippen LogP contribution in [-0.4, -0.2) is 15.6 Å². The summed E-state index contributed by atoms with van der Waals surface area (Å²) in [6.07, 6.45) is 10.3. The summed E-state index contributed by atoms with van der Waals surface area (Å²) in [4.78, 5) is 4.43. The minimum absolute atomic E-state index is 0.455. The third-order valence-corrected chi connectivity index (χ3v) is 3.54. The van der Waals surface area contributed by atoms with Gasteiger partial charge in [0.2, 0.25) is 5.95 Å². The second-order valence-electron chi connectivity index (χ2n) is 5.35. The average Bonchev–Trinajstić information content (AvgIpc) is 2.92. The molecule has 1 heterocycles. The summed E-state index contributed by atoms with van der Waals surface area (Å²) in [6.45, 7) is 4.48. The minimum Gasteiger partial charge on any atom is -0.353 e. The van der Waals surface area contributed by atoms with E-state index in [9.17, 15) is 0 Å². The van der Waals surface area contributed by atoms with Crippen molar-refractivity contribution in [2.24, 2.45) is 0 Å². The van der Waals surface area contributed by atoms with E-state index in [1.165, 1.54) is 32.1 Å². The highest BCUT2D eigenvalue weighted by Gasteiger charge is 2.08. The number of rotatable bonds is 8. The molecule has 1 unspecified atom stereocenters. The molecule has 1 atom stereocenters. The van der Waals surface area contributed by atoms with Crippen molar-refractivity contribution in [2.75, 3.05) is 5.32 Å². The van der Waals surface area contributed by atoms with Gasteiger partial charge >= 0.3 is 0 Å². The van der Waals surface area contributed by atoms with Gasteiger partial charge in [0.05, 0.1) is 0 Å². The van der Waals surface area contributed by atoms with Crippen LogP contribution in [0, 0.1) is 0 Å². The Kier molecular flexibility index (Phi) is 5.66. The number of benzene rings is 1. The molecule has 0 bridgehead atoms. The van der Waals surface area contributed by atoms with Crippen LogP contribution in [0.4, 0.5) is 5.95 Å². The van der Waals surface area contributed by atoms with Gasteiger partial charge in [-0.2, -0.15) is 0 Å². The molecule has 0 saturated carbocycles.